The van der Waals surface area contributed by atoms with Gasteiger partial charge in [0.25, 0.3) is 10.0 Å². The zero-order valence-electron chi connectivity index (χ0n) is 7.09. The summed E-state index contributed by atoms with van der Waals surface area (Å²) in [6.45, 7) is 0. The summed E-state index contributed by atoms with van der Waals surface area (Å²) in [6.07, 6.45) is 0. The summed E-state index contributed by atoms with van der Waals surface area (Å²) in [7, 11) is -4.17. The number of carbonyl (C=O) groups is 1. The van der Waals surface area contributed by atoms with Crippen molar-refractivity contribution in [3.8, 4) is 0 Å². The number of sulfonamides is 1. The summed E-state index contributed by atoms with van der Waals surface area (Å²) in [5, 5.41) is 8.74. The van der Waals surface area contributed by atoms with Crippen LogP contribution in [0.5, 0.6) is 0 Å². The second-order valence-electron chi connectivity index (χ2n) is 2.48. The molecule has 0 radical (unpaired) electrons. The molecule has 0 amide bonds. The van der Waals surface area contributed by atoms with Crippen LogP contribution in [0.15, 0.2) is 29.2 Å². The van der Waals surface area contributed by atoms with E-state index in [1.54, 1.807) is 0 Å². The average Bonchev–Trinajstić information content (AvgIpc) is 2.17. The van der Waals surface area contributed by atoms with Gasteiger partial charge in [-0.15, -0.1) is 0 Å². The minimum absolute atomic E-state index is 0.0746. The summed E-state index contributed by atoms with van der Waals surface area (Å²) >= 11 is 10.2. The highest BCUT2D eigenvalue weighted by atomic mass is 35.5. The average molecular weight is 270 g/mol. The van der Waals surface area contributed by atoms with Crippen molar-refractivity contribution < 1.29 is 18.3 Å². The molecule has 1 rings (SSSR count). The molecule has 0 atom stereocenters. The van der Waals surface area contributed by atoms with Gasteiger partial charge in [-0.25, -0.2) is 13.2 Å². The Hall–Kier alpha value is -0.820. The second-order valence-corrected chi connectivity index (χ2v) is 5.48. The first-order valence-electron chi connectivity index (χ1n) is 3.56. The largest absolute Gasteiger partial charge is 0.478 e. The van der Waals surface area contributed by atoms with Crippen molar-refractivity contribution in [1.82, 2.24) is 3.34 Å². The Morgan fingerprint density at radius 3 is 2.27 bits per heavy atom. The third kappa shape index (κ3) is 2.40. The highest BCUT2D eigenvalue weighted by Crippen LogP contribution is 2.23. The summed E-state index contributed by atoms with van der Waals surface area (Å²) in [4.78, 5) is 10.3. The van der Waals surface area contributed by atoms with Crippen LogP contribution in [-0.4, -0.2) is 22.8 Å². The molecule has 0 bridgehead atoms. The van der Waals surface area contributed by atoms with Crippen LogP contribution in [0.25, 0.3) is 0 Å². The quantitative estimate of drug-likeness (QED) is 0.848. The molecule has 0 saturated carbocycles. The van der Waals surface area contributed by atoms with Crippen LogP contribution in [0.1, 0.15) is 10.4 Å². The Morgan fingerprint density at radius 1 is 1.27 bits per heavy atom. The van der Waals surface area contributed by atoms with Crippen LogP contribution in [0.4, 0.5) is 0 Å². The molecule has 0 saturated heterocycles. The molecule has 0 aromatic heterocycles. The van der Waals surface area contributed by atoms with Gasteiger partial charge in [-0.3, -0.25) is 0 Å². The highest BCUT2D eigenvalue weighted by molar-refractivity contribution is 7.91. The van der Waals surface area contributed by atoms with Crippen LogP contribution in [0, 0.1) is 0 Å². The number of hydrogen-bond acceptors (Lipinski definition) is 3. The van der Waals surface area contributed by atoms with E-state index in [-0.39, 0.29) is 8.91 Å². The summed E-state index contributed by atoms with van der Waals surface area (Å²) in [6, 6.07) is 5.02. The second kappa shape index (κ2) is 4.36. The Labute approximate surface area is 96.1 Å². The Morgan fingerprint density at radius 2 is 1.80 bits per heavy atom. The van der Waals surface area contributed by atoms with E-state index in [4.69, 9.17) is 28.7 Å². The summed E-state index contributed by atoms with van der Waals surface area (Å²) in [5.41, 5.74) is -0.385. The van der Waals surface area contributed by atoms with E-state index >= 15 is 0 Å². The number of carboxylic acid groups (broad SMARTS) is 1. The van der Waals surface area contributed by atoms with E-state index in [0.717, 1.165) is 12.1 Å². The highest BCUT2D eigenvalue weighted by Gasteiger charge is 2.26. The molecule has 0 aliphatic rings. The number of rotatable bonds is 3. The first kappa shape index (κ1) is 12.3. The molecular formula is C7H5Cl2NO4S. The van der Waals surface area contributed by atoms with Crippen LogP contribution >= 0.6 is 23.6 Å². The van der Waals surface area contributed by atoms with Gasteiger partial charge < -0.3 is 5.11 Å². The van der Waals surface area contributed by atoms with E-state index in [2.05, 4.69) is 0 Å². The number of halogens is 2. The lowest BCUT2D eigenvalue weighted by molar-refractivity contribution is 0.0692. The van der Waals surface area contributed by atoms with Crippen molar-refractivity contribution in [2.24, 2.45) is 0 Å². The first-order valence-corrected chi connectivity index (χ1v) is 5.68. The van der Waals surface area contributed by atoms with Gasteiger partial charge in [-0.2, -0.15) is 0 Å². The predicted octanol–water partition coefficient (Wildman–Crippen LogP) is 1.68. The van der Waals surface area contributed by atoms with Crippen molar-refractivity contribution in [2.45, 2.75) is 4.90 Å². The lowest BCUT2D eigenvalue weighted by Crippen LogP contribution is -2.16. The maximum atomic E-state index is 11.5. The lowest BCUT2D eigenvalue weighted by atomic mass is 10.2. The third-order valence-corrected chi connectivity index (χ3v) is 3.94. The standard InChI is InChI=1S/C7H5Cl2NO4S/c8-10(9)15(13,14)6-4-2-1-3-5(6)7(11)12/h1-4H,(H,11,12). The van der Waals surface area contributed by atoms with Crippen molar-refractivity contribution in [3.05, 3.63) is 29.8 Å². The van der Waals surface area contributed by atoms with E-state index in [9.17, 15) is 13.2 Å². The van der Waals surface area contributed by atoms with Gasteiger partial charge in [0.2, 0.25) is 0 Å². The van der Waals surface area contributed by atoms with E-state index in [1.807, 2.05) is 0 Å². The number of nitrogens with zero attached hydrogens (tertiary/aromatic N) is 1. The normalized spacial score (nSPS) is 11.7. The molecule has 8 heteroatoms. The molecule has 0 aliphatic carbocycles. The molecule has 1 aromatic rings. The molecule has 0 aliphatic heterocycles. The molecule has 0 spiro atoms. The van der Waals surface area contributed by atoms with E-state index < -0.39 is 20.9 Å². The van der Waals surface area contributed by atoms with Gasteiger partial charge in [0.1, 0.15) is 0 Å². The fraction of sp³-hybridized carbons (Fsp3) is 0. The summed E-state index contributed by atoms with van der Waals surface area (Å²) < 4.78 is 22.8. The zero-order chi connectivity index (χ0) is 11.6. The maximum Gasteiger partial charge on any atom is 0.337 e. The van der Waals surface area contributed by atoms with Crippen LogP contribution in [-0.2, 0) is 10.0 Å². The van der Waals surface area contributed by atoms with Gasteiger partial charge in [-0.05, 0) is 15.5 Å². The lowest BCUT2D eigenvalue weighted by Gasteiger charge is -2.08. The predicted molar refractivity (Wildman–Crippen MR) is 54.1 cm³/mol. The van der Waals surface area contributed by atoms with Gasteiger partial charge in [0.15, 0.2) is 0 Å². The van der Waals surface area contributed by atoms with E-state index in [0.29, 0.717) is 0 Å². The van der Waals surface area contributed by atoms with Crippen LogP contribution in [0.2, 0.25) is 0 Å². The van der Waals surface area contributed by atoms with Crippen LogP contribution < -0.4 is 0 Å². The number of aromatic carboxylic acids is 1. The third-order valence-electron chi connectivity index (χ3n) is 1.58. The summed E-state index contributed by atoms with van der Waals surface area (Å²) in [5.74, 6) is -1.37. The molecule has 5 nitrogen and oxygen atoms in total. The SMILES string of the molecule is O=C(O)c1ccccc1S(=O)(=O)N(Cl)Cl. The maximum absolute atomic E-state index is 11.5. The van der Waals surface area contributed by atoms with E-state index in [1.165, 1.54) is 12.1 Å². The Bertz CT molecular complexity index is 486. The van der Waals surface area contributed by atoms with Gasteiger partial charge >= 0.3 is 5.97 Å². The van der Waals surface area contributed by atoms with Gasteiger partial charge in [0, 0.05) is 23.6 Å². The fourth-order valence-electron chi connectivity index (χ4n) is 0.943. The molecule has 0 unspecified atom stereocenters. The molecule has 1 N–H and O–H groups in total. The molecule has 0 fully saturated rings. The number of carboxylic acids is 1. The topological polar surface area (TPSA) is 74.7 Å². The number of hydrogen-bond donors (Lipinski definition) is 1. The van der Waals surface area contributed by atoms with Crippen molar-refractivity contribution >= 4 is 39.5 Å². The zero-order valence-corrected chi connectivity index (χ0v) is 9.42. The number of benzene rings is 1. The van der Waals surface area contributed by atoms with Crippen LogP contribution in [0.3, 0.4) is 0 Å². The Balaban J connectivity index is 3.45. The Kier molecular flexibility index (Phi) is 3.56. The van der Waals surface area contributed by atoms with Crippen molar-refractivity contribution in [2.75, 3.05) is 0 Å². The fourth-order valence-corrected chi connectivity index (χ4v) is 2.22. The van der Waals surface area contributed by atoms with Gasteiger partial charge in [0.05, 0.1) is 10.5 Å². The molecule has 0 heterocycles. The molecule has 15 heavy (non-hydrogen) atoms. The smallest absolute Gasteiger partial charge is 0.337 e. The van der Waals surface area contributed by atoms with Gasteiger partial charge in [-0.1, -0.05) is 12.1 Å². The molecule has 1 aromatic carbocycles. The minimum Gasteiger partial charge on any atom is -0.478 e. The first-order chi connectivity index (χ1) is 6.87. The minimum atomic E-state index is -4.17. The molecular weight excluding hydrogens is 265 g/mol. The molecule has 82 valence electrons. The van der Waals surface area contributed by atoms with Crippen molar-refractivity contribution in [1.29, 1.82) is 0 Å². The monoisotopic (exact) mass is 269 g/mol. The van der Waals surface area contributed by atoms with Crippen molar-refractivity contribution in [3.63, 3.8) is 0 Å².